The number of phenolic OH excluding ortho intramolecular Hbond substituents is 1. The molecule has 0 spiro atoms. The Kier molecular flexibility index (Phi) is 4.90. The van der Waals surface area contributed by atoms with Gasteiger partial charge in [-0.25, -0.2) is 0 Å². The summed E-state index contributed by atoms with van der Waals surface area (Å²) >= 11 is 0. The SMILES string of the molecule is CC1CC(c2cc(C(C)(C)C)c(O)c(C(C)(C)C)c2)CC(C)(C)C1. The van der Waals surface area contributed by atoms with E-state index in [9.17, 15) is 5.11 Å². The molecule has 2 atom stereocenters. The van der Waals surface area contributed by atoms with Gasteiger partial charge in [0.25, 0.3) is 0 Å². The summed E-state index contributed by atoms with van der Waals surface area (Å²) in [4.78, 5) is 0. The lowest BCUT2D eigenvalue weighted by Crippen LogP contribution is -2.27. The van der Waals surface area contributed by atoms with Gasteiger partial charge in [-0.15, -0.1) is 0 Å². The minimum atomic E-state index is -0.0457. The van der Waals surface area contributed by atoms with E-state index in [1.807, 2.05) is 0 Å². The molecule has 0 heterocycles. The summed E-state index contributed by atoms with van der Waals surface area (Å²) in [6.07, 6.45) is 3.83. The fourth-order valence-corrected chi connectivity index (χ4v) is 4.64. The van der Waals surface area contributed by atoms with E-state index in [2.05, 4.69) is 74.4 Å². The summed E-state index contributed by atoms with van der Waals surface area (Å²) in [7, 11) is 0. The molecule has 1 heteroatoms. The third-order valence-corrected chi connectivity index (χ3v) is 5.61. The van der Waals surface area contributed by atoms with Crippen LogP contribution >= 0.6 is 0 Å². The lowest BCUT2D eigenvalue weighted by Gasteiger charge is -2.40. The van der Waals surface area contributed by atoms with Gasteiger partial charge < -0.3 is 5.11 Å². The zero-order valence-electron chi connectivity index (χ0n) is 17.4. The van der Waals surface area contributed by atoms with E-state index < -0.39 is 0 Å². The molecule has 0 saturated heterocycles. The average molecular weight is 331 g/mol. The molecule has 1 aliphatic rings. The quantitative estimate of drug-likeness (QED) is 0.592. The van der Waals surface area contributed by atoms with Crippen molar-refractivity contribution in [3.63, 3.8) is 0 Å². The fourth-order valence-electron chi connectivity index (χ4n) is 4.64. The highest BCUT2D eigenvalue weighted by molar-refractivity contribution is 5.50. The van der Waals surface area contributed by atoms with Crippen LogP contribution in [0, 0.1) is 11.3 Å². The molecule has 0 aromatic heterocycles. The number of rotatable bonds is 1. The van der Waals surface area contributed by atoms with E-state index in [1.54, 1.807) is 0 Å². The van der Waals surface area contributed by atoms with Gasteiger partial charge in [0.15, 0.2) is 0 Å². The van der Waals surface area contributed by atoms with Crippen LogP contribution in [-0.4, -0.2) is 5.11 Å². The first-order valence-electron chi connectivity index (χ1n) is 9.58. The van der Waals surface area contributed by atoms with Crippen LogP contribution in [0.2, 0.25) is 0 Å². The van der Waals surface area contributed by atoms with Crippen molar-refractivity contribution in [2.75, 3.05) is 0 Å². The number of aromatic hydroxyl groups is 1. The Labute approximate surface area is 149 Å². The van der Waals surface area contributed by atoms with Crippen LogP contribution in [0.15, 0.2) is 12.1 Å². The van der Waals surface area contributed by atoms with Crippen LogP contribution in [0.1, 0.15) is 104 Å². The summed E-state index contributed by atoms with van der Waals surface area (Å²) in [5, 5.41) is 10.9. The van der Waals surface area contributed by atoms with E-state index in [1.165, 1.54) is 24.8 Å². The first-order chi connectivity index (χ1) is 10.7. The maximum atomic E-state index is 10.9. The Hall–Kier alpha value is -0.980. The molecule has 2 rings (SSSR count). The Morgan fingerprint density at radius 2 is 1.38 bits per heavy atom. The van der Waals surface area contributed by atoms with Crippen molar-refractivity contribution in [3.8, 4) is 5.75 Å². The van der Waals surface area contributed by atoms with E-state index >= 15 is 0 Å². The molecule has 1 fully saturated rings. The molecule has 0 bridgehead atoms. The molecule has 1 aromatic carbocycles. The van der Waals surface area contributed by atoms with Crippen LogP contribution in [-0.2, 0) is 10.8 Å². The first kappa shape index (κ1) is 19.3. The van der Waals surface area contributed by atoms with Crippen LogP contribution < -0.4 is 0 Å². The third kappa shape index (κ3) is 4.16. The predicted octanol–water partition coefficient (Wildman–Crippen LogP) is 6.92. The predicted molar refractivity (Wildman–Crippen MR) is 105 cm³/mol. The van der Waals surface area contributed by atoms with Crippen LogP contribution in [0.3, 0.4) is 0 Å². The van der Waals surface area contributed by atoms with Gasteiger partial charge in [-0.1, -0.05) is 74.4 Å². The van der Waals surface area contributed by atoms with Crippen LogP contribution in [0.25, 0.3) is 0 Å². The maximum Gasteiger partial charge on any atom is 0.123 e. The van der Waals surface area contributed by atoms with E-state index in [0.717, 1.165) is 17.0 Å². The van der Waals surface area contributed by atoms with Gasteiger partial charge in [0.05, 0.1) is 0 Å². The van der Waals surface area contributed by atoms with Gasteiger partial charge in [0.2, 0.25) is 0 Å². The number of hydrogen-bond donors (Lipinski definition) is 1. The van der Waals surface area contributed by atoms with E-state index in [-0.39, 0.29) is 10.8 Å². The molecular weight excluding hydrogens is 292 g/mol. The largest absolute Gasteiger partial charge is 0.507 e. The van der Waals surface area contributed by atoms with Crippen molar-refractivity contribution in [1.29, 1.82) is 0 Å². The van der Waals surface area contributed by atoms with Gasteiger partial charge in [-0.05, 0) is 64.0 Å². The second kappa shape index (κ2) is 6.07. The second-order valence-corrected chi connectivity index (χ2v) is 11.1. The highest BCUT2D eigenvalue weighted by atomic mass is 16.3. The molecular formula is C23H38O. The molecule has 24 heavy (non-hydrogen) atoms. The maximum absolute atomic E-state index is 10.9. The van der Waals surface area contributed by atoms with Gasteiger partial charge in [0, 0.05) is 0 Å². The molecule has 1 aromatic rings. The topological polar surface area (TPSA) is 20.2 Å². The number of phenols is 1. The summed E-state index contributed by atoms with van der Waals surface area (Å²) in [5.74, 6) is 1.87. The van der Waals surface area contributed by atoms with Crippen molar-refractivity contribution < 1.29 is 5.11 Å². The molecule has 2 unspecified atom stereocenters. The molecule has 1 aliphatic carbocycles. The molecule has 136 valence electrons. The molecule has 0 radical (unpaired) electrons. The number of hydrogen-bond acceptors (Lipinski definition) is 1. The van der Waals surface area contributed by atoms with Gasteiger partial charge >= 0.3 is 0 Å². The number of benzene rings is 1. The highest BCUT2D eigenvalue weighted by Crippen LogP contribution is 2.48. The van der Waals surface area contributed by atoms with Crippen LogP contribution in [0.5, 0.6) is 5.75 Å². The second-order valence-electron chi connectivity index (χ2n) is 11.1. The summed E-state index contributed by atoms with van der Waals surface area (Å²) < 4.78 is 0. The van der Waals surface area contributed by atoms with Crippen molar-refractivity contribution in [2.24, 2.45) is 11.3 Å². The molecule has 0 aliphatic heterocycles. The third-order valence-electron chi connectivity index (χ3n) is 5.61. The van der Waals surface area contributed by atoms with E-state index in [0.29, 0.717) is 17.1 Å². The minimum absolute atomic E-state index is 0.0457. The Balaban J connectivity index is 2.58. The Morgan fingerprint density at radius 1 is 0.917 bits per heavy atom. The monoisotopic (exact) mass is 330 g/mol. The lowest BCUT2D eigenvalue weighted by molar-refractivity contribution is 0.168. The van der Waals surface area contributed by atoms with Crippen molar-refractivity contribution in [2.45, 2.75) is 98.3 Å². The molecule has 1 N–H and O–H groups in total. The van der Waals surface area contributed by atoms with E-state index in [4.69, 9.17) is 0 Å². The van der Waals surface area contributed by atoms with Gasteiger partial charge in [-0.2, -0.15) is 0 Å². The summed E-state index contributed by atoms with van der Waals surface area (Å²) in [6, 6.07) is 4.59. The van der Waals surface area contributed by atoms with Crippen molar-refractivity contribution >= 4 is 0 Å². The minimum Gasteiger partial charge on any atom is -0.507 e. The van der Waals surface area contributed by atoms with Gasteiger partial charge in [0.1, 0.15) is 5.75 Å². The smallest absolute Gasteiger partial charge is 0.123 e. The lowest BCUT2D eigenvalue weighted by atomic mass is 9.65. The summed E-state index contributed by atoms with van der Waals surface area (Å²) in [6.45, 7) is 20.4. The molecule has 1 nitrogen and oxygen atoms in total. The zero-order valence-corrected chi connectivity index (χ0v) is 17.4. The van der Waals surface area contributed by atoms with Crippen molar-refractivity contribution in [3.05, 3.63) is 28.8 Å². The Morgan fingerprint density at radius 3 is 1.75 bits per heavy atom. The standard InChI is InChI=1S/C23H38O/c1-15-10-17(14-23(8,9)13-15)16-11-18(21(2,3)4)20(24)19(12-16)22(5,6)7/h11-12,15,17,24H,10,13-14H2,1-9H3. The Bertz CT molecular complexity index is 560. The van der Waals surface area contributed by atoms with Crippen LogP contribution in [0.4, 0.5) is 0 Å². The fraction of sp³-hybridized carbons (Fsp3) is 0.739. The van der Waals surface area contributed by atoms with Gasteiger partial charge in [-0.3, -0.25) is 0 Å². The molecule has 0 amide bonds. The summed E-state index contributed by atoms with van der Waals surface area (Å²) in [5.41, 5.74) is 3.94. The van der Waals surface area contributed by atoms with Crippen molar-refractivity contribution in [1.82, 2.24) is 0 Å². The normalized spacial score (nSPS) is 24.9. The zero-order chi connectivity index (χ0) is 18.5. The average Bonchev–Trinajstić information content (AvgIpc) is 2.33. The first-order valence-corrected chi connectivity index (χ1v) is 9.58. The highest BCUT2D eigenvalue weighted by Gasteiger charge is 2.34. The molecule has 1 saturated carbocycles.